The molecular formula is C16H18N2O3S. The van der Waals surface area contributed by atoms with Crippen molar-refractivity contribution >= 4 is 29.3 Å². The van der Waals surface area contributed by atoms with Crippen molar-refractivity contribution in [1.82, 2.24) is 5.32 Å². The summed E-state index contributed by atoms with van der Waals surface area (Å²) < 4.78 is 5.22. The normalized spacial score (nSPS) is 11.7. The number of furan rings is 1. The number of thioether (sulfide) groups is 1. The molecule has 1 aromatic heterocycles. The van der Waals surface area contributed by atoms with Crippen molar-refractivity contribution in [2.24, 2.45) is 0 Å². The van der Waals surface area contributed by atoms with Gasteiger partial charge in [0, 0.05) is 17.4 Å². The van der Waals surface area contributed by atoms with Crippen LogP contribution in [-0.4, -0.2) is 24.1 Å². The van der Waals surface area contributed by atoms with E-state index in [0.717, 1.165) is 10.7 Å². The largest absolute Gasteiger partial charge is 0.469 e. The Kier molecular flexibility index (Phi) is 5.66. The first-order valence-electron chi connectivity index (χ1n) is 6.87. The molecule has 0 saturated heterocycles. The lowest BCUT2D eigenvalue weighted by Gasteiger charge is -2.13. The van der Waals surface area contributed by atoms with Crippen LogP contribution in [0, 0.1) is 0 Å². The quantitative estimate of drug-likeness (QED) is 0.657. The van der Waals surface area contributed by atoms with Crippen LogP contribution in [0.5, 0.6) is 0 Å². The minimum Gasteiger partial charge on any atom is -0.469 e. The molecule has 0 radical (unpaired) electrons. The average Bonchev–Trinajstić information content (AvgIpc) is 3.00. The molecule has 0 aliphatic carbocycles. The summed E-state index contributed by atoms with van der Waals surface area (Å²) >= 11 is 1.51. The van der Waals surface area contributed by atoms with Gasteiger partial charge in [0.1, 0.15) is 5.76 Å². The van der Waals surface area contributed by atoms with Crippen molar-refractivity contribution < 1.29 is 14.0 Å². The maximum absolute atomic E-state index is 12.0. The smallest absolute Gasteiger partial charge is 0.313 e. The highest BCUT2D eigenvalue weighted by Gasteiger charge is 2.18. The summed E-state index contributed by atoms with van der Waals surface area (Å²) in [7, 11) is 0. The van der Waals surface area contributed by atoms with Gasteiger partial charge in [0.05, 0.1) is 12.0 Å². The summed E-state index contributed by atoms with van der Waals surface area (Å²) in [4.78, 5) is 24.8. The molecule has 22 heavy (non-hydrogen) atoms. The number of hydrogen-bond donors (Lipinski definition) is 2. The average molecular weight is 318 g/mol. The highest BCUT2D eigenvalue weighted by molar-refractivity contribution is 7.98. The number of hydrogen-bond acceptors (Lipinski definition) is 4. The fourth-order valence-corrected chi connectivity index (χ4v) is 2.55. The van der Waals surface area contributed by atoms with Gasteiger partial charge in [-0.15, -0.1) is 11.8 Å². The molecular weight excluding hydrogens is 300 g/mol. The molecule has 0 aliphatic rings. The van der Waals surface area contributed by atoms with E-state index >= 15 is 0 Å². The monoisotopic (exact) mass is 318 g/mol. The minimum atomic E-state index is -0.673. The summed E-state index contributed by atoms with van der Waals surface area (Å²) in [5.74, 6) is -0.566. The molecule has 1 heterocycles. The number of benzene rings is 1. The van der Waals surface area contributed by atoms with Crippen molar-refractivity contribution in [3.63, 3.8) is 0 Å². The third-order valence-electron chi connectivity index (χ3n) is 3.03. The molecule has 2 amide bonds. The lowest BCUT2D eigenvalue weighted by molar-refractivity contribution is -0.136. The van der Waals surface area contributed by atoms with E-state index in [2.05, 4.69) is 10.6 Å². The number of anilines is 1. The maximum atomic E-state index is 12.0. The number of para-hydroxylation sites is 1. The highest BCUT2D eigenvalue weighted by atomic mass is 32.2. The Labute approximate surface area is 133 Å². The fraction of sp³-hybridized carbons (Fsp3) is 0.250. The number of amides is 2. The van der Waals surface area contributed by atoms with E-state index in [0.29, 0.717) is 12.1 Å². The molecule has 2 N–H and O–H groups in total. The van der Waals surface area contributed by atoms with Gasteiger partial charge in [-0.1, -0.05) is 12.1 Å². The van der Waals surface area contributed by atoms with E-state index in [1.807, 2.05) is 37.4 Å². The Balaban J connectivity index is 1.90. The second-order valence-corrected chi connectivity index (χ2v) is 5.66. The predicted octanol–water partition coefficient (Wildman–Crippen LogP) is 2.69. The van der Waals surface area contributed by atoms with Gasteiger partial charge in [0.2, 0.25) is 0 Å². The van der Waals surface area contributed by atoms with Crippen LogP contribution in [0.25, 0.3) is 0 Å². The molecule has 0 spiro atoms. The lowest BCUT2D eigenvalue weighted by atomic mass is 10.2. The summed E-state index contributed by atoms with van der Waals surface area (Å²) in [6, 6.07) is 10.8. The van der Waals surface area contributed by atoms with E-state index in [9.17, 15) is 9.59 Å². The first kappa shape index (κ1) is 16.2. The molecule has 0 unspecified atom stereocenters. The third-order valence-corrected chi connectivity index (χ3v) is 3.82. The molecule has 6 heteroatoms. The van der Waals surface area contributed by atoms with Gasteiger partial charge in [-0.05, 0) is 37.4 Å². The highest BCUT2D eigenvalue weighted by Crippen LogP contribution is 2.24. The summed E-state index contributed by atoms with van der Waals surface area (Å²) in [5, 5.41) is 5.29. The molecule has 0 aliphatic heterocycles. The molecule has 0 bridgehead atoms. The van der Waals surface area contributed by atoms with Crippen LogP contribution in [0.15, 0.2) is 52.0 Å². The van der Waals surface area contributed by atoms with Gasteiger partial charge in [-0.2, -0.15) is 0 Å². The summed E-state index contributed by atoms with van der Waals surface area (Å²) in [6.07, 6.45) is 4.03. The molecule has 0 fully saturated rings. The zero-order valence-electron chi connectivity index (χ0n) is 12.5. The second-order valence-electron chi connectivity index (χ2n) is 4.81. The van der Waals surface area contributed by atoms with Crippen LogP contribution in [0.2, 0.25) is 0 Å². The Hall–Kier alpha value is -2.21. The van der Waals surface area contributed by atoms with Crippen molar-refractivity contribution in [3.8, 4) is 0 Å². The number of carbonyl (C=O) groups is 2. The van der Waals surface area contributed by atoms with Gasteiger partial charge < -0.3 is 15.1 Å². The van der Waals surface area contributed by atoms with E-state index < -0.39 is 11.8 Å². The predicted molar refractivity (Wildman–Crippen MR) is 86.9 cm³/mol. The molecule has 2 aromatic rings. The first-order chi connectivity index (χ1) is 10.6. The SMILES string of the molecule is CSc1ccccc1NC(=O)C(=O)N[C@H](C)Cc1ccco1. The summed E-state index contributed by atoms with van der Waals surface area (Å²) in [5.41, 5.74) is 0.633. The van der Waals surface area contributed by atoms with Crippen LogP contribution < -0.4 is 10.6 Å². The molecule has 1 atom stereocenters. The molecule has 2 rings (SSSR count). The summed E-state index contributed by atoms with van der Waals surface area (Å²) in [6.45, 7) is 1.82. The van der Waals surface area contributed by atoms with Gasteiger partial charge in [-0.25, -0.2) is 0 Å². The lowest BCUT2D eigenvalue weighted by Crippen LogP contribution is -2.41. The van der Waals surface area contributed by atoms with E-state index in [4.69, 9.17) is 4.42 Å². The van der Waals surface area contributed by atoms with E-state index in [-0.39, 0.29) is 6.04 Å². The molecule has 1 aromatic carbocycles. The fourth-order valence-electron chi connectivity index (χ4n) is 2.00. The zero-order valence-corrected chi connectivity index (χ0v) is 13.3. The van der Waals surface area contributed by atoms with Crippen molar-refractivity contribution in [1.29, 1.82) is 0 Å². The second kappa shape index (κ2) is 7.70. The van der Waals surface area contributed by atoms with Crippen LogP contribution in [-0.2, 0) is 16.0 Å². The van der Waals surface area contributed by atoms with Crippen molar-refractivity contribution in [2.75, 3.05) is 11.6 Å². The number of nitrogens with one attached hydrogen (secondary N) is 2. The van der Waals surface area contributed by atoms with Crippen LogP contribution in [0.4, 0.5) is 5.69 Å². The standard InChI is InChI=1S/C16H18N2O3S/c1-11(10-12-6-5-9-21-12)17-15(19)16(20)18-13-7-3-4-8-14(13)22-2/h3-9,11H,10H2,1-2H3,(H,17,19)(H,18,20)/t11-/m1/s1. The van der Waals surface area contributed by atoms with E-state index in [1.54, 1.807) is 18.4 Å². The van der Waals surface area contributed by atoms with Crippen LogP contribution in [0.3, 0.4) is 0 Å². The molecule has 5 nitrogen and oxygen atoms in total. The van der Waals surface area contributed by atoms with Gasteiger partial charge in [0.15, 0.2) is 0 Å². The van der Waals surface area contributed by atoms with Gasteiger partial charge >= 0.3 is 11.8 Å². The Morgan fingerprint density at radius 2 is 1.95 bits per heavy atom. The van der Waals surface area contributed by atoms with Gasteiger partial charge in [-0.3, -0.25) is 9.59 Å². The van der Waals surface area contributed by atoms with E-state index in [1.165, 1.54) is 11.8 Å². The Morgan fingerprint density at radius 1 is 1.18 bits per heavy atom. The number of carbonyl (C=O) groups excluding carboxylic acids is 2. The zero-order chi connectivity index (χ0) is 15.9. The van der Waals surface area contributed by atoms with Crippen molar-refractivity contribution in [2.45, 2.75) is 24.3 Å². The molecule has 0 saturated carbocycles. The number of rotatable bonds is 5. The Bertz CT molecular complexity index is 641. The van der Waals surface area contributed by atoms with Gasteiger partial charge in [0.25, 0.3) is 0 Å². The molecule has 116 valence electrons. The van der Waals surface area contributed by atoms with Crippen LogP contribution >= 0.6 is 11.8 Å². The maximum Gasteiger partial charge on any atom is 0.313 e. The first-order valence-corrected chi connectivity index (χ1v) is 8.10. The van der Waals surface area contributed by atoms with Crippen LogP contribution in [0.1, 0.15) is 12.7 Å². The Morgan fingerprint density at radius 3 is 2.64 bits per heavy atom. The van der Waals surface area contributed by atoms with Crippen molar-refractivity contribution in [3.05, 3.63) is 48.4 Å². The third kappa shape index (κ3) is 4.39. The minimum absolute atomic E-state index is 0.194. The topological polar surface area (TPSA) is 71.3 Å².